The van der Waals surface area contributed by atoms with Crippen LogP contribution in [0.15, 0.2) is 9.90 Å². The highest BCUT2D eigenvalue weighted by molar-refractivity contribution is 5.82. The third kappa shape index (κ3) is 4.76. The largest absolute Gasteiger partial charge is 0.288 e. The van der Waals surface area contributed by atoms with E-state index in [0.29, 0.717) is 11.6 Å². The van der Waals surface area contributed by atoms with Crippen LogP contribution in [0.5, 0.6) is 0 Å². The number of hydrazone groups is 1. The van der Waals surface area contributed by atoms with Crippen LogP contribution in [0.3, 0.4) is 0 Å². The number of nitrogens with zero attached hydrogens (tertiary/aromatic N) is 3. The van der Waals surface area contributed by atoms with Crippen molar-refractivity contribution >= 4 is 11.7 Å². The first-order valence-electron chi connectivity index (χ1n) is 5.72. The number of anilines is 1. The van der Waals surface area contributed by atoms with Gasteiger partial charge in [0.25, 0.3) is 5.56 Å². The van der Waals surface area contributed by atoms with Crippen molar-refractivity contribution in [3.05, 3.63) is 16.0 Å². The second-order valence-corrected chi connectivity index (χ2v) is 4.48. The SMILES string of the molecule is C/C(CCC(C)C)=N\Nc1nnc(C)c(=O)[nH]1. The average molecular weight is 237 g/mol. The minimum atomic E-state index is -0.252. The Labute approximate surface area is 101 Å². The molecule has 0 unspecified atom stereocenters. The normalized spacial score (nSPS) is 11.9. The van der Waals surface area contributed by atoms with Gasteiger partial charge in [-0.3, -0.25) is 9.78 Å². The molecule has 0 aliphatic rings. The topological polar surface area (TPSA) is 83.0 Å². The lowest BCUT2D eigenvalue weighted by atomic mass is 10.1. The maximum Gasteiger partial charge on any atom is 0.274 e. The monoisotopic (exact) mass is 237 g/mol. The average Bonchev–Trinajstić information content (AvgIpc) is 2.28. The van der Waals surface area contributed by atoms with Crippen LogP contribution in [0.4, 0.5) is 5.95 Å². The molecule has 0 aliphatic heterocycles. The van der Waals surface area contributed by atoms with Crippen molar-refractivity contribution in [2.75, 3.05) is 5.43 Å². The first kappa shape index (κ1) is 13.3. The lowest BCUT2D eigenvalue weighted by molar-refractivity contribution is 0.602. The minimum Gasteiger partial charge on any atom is -0.288 e. The van der Waals surface area contributed by atoms with Gasteiger partial charge in [-0.2, -0.15) is 5.10 Å². The molecule has 1 heterocycles. The second-order valence-electron chi connectivity index (χ2n) is 4.48. The number of H-pyrrole nitrogens is 1. The number of aromatic nitrogens is 3. The molecule has 0 bridgehead atoms. The second kappa shape index (κ2) is 6.12. The van der Waals surface area contributed by atoms with Crippen molar-refractivity contribution < 1.29 is 0 Å². The van der Waals surface area contributed by atoms with Gasteiger partial charge in [0.1, 0.15) is 5.69 Å². The van der Waals surface area contributed by atoms with Gasteiger partial charge in [0.05, 0.1) is 0 Å². The Morgan fingerprint density at radius 3 is 2.76 bits per heavy atom. The maximum atomic E-state index is 11.3. The van der Waals surface area contributed by atoms with Crippen LogP contribution < -0.4 is 11.0 Å². The summed E-state index contributed by atoms with van der Waals surface area (Å²) < 4.78 is 0. The molecule has 1 rings (SSSR count). The molecule has 0 amide bonds. The standard InChI is InChI=1S/C11H19N5O/c1-7(2)5-6-8(3)13-15-11-12-10(17)9(4)14-16-11/h7H,5-6H2,1-4H3,(H2,12,15,16,17)/b13-8+. The summed E-state index contributed by atoms with van der Waals surface area (Å²) in [6.45, 7) is 7.88. The fraction of sp³-hybridized carbons (Fsp3) is 0.636. The highest BCUT2D eigenvalue weighted by atomic mass is 16.1. The van der Waals surface area contributed by atoms with Crippen LogP contribution in [0, 0.1) is 12.8 Å². The van der Waals surface area contributed by atoms with Gasteiger partial charge in [0.15, 0.2) is 0 Å². The predicted octanol–water partition coefficient (Wildman–Crippen LogP) is 1.70. The summed E-state index contributed by atoms with van der Waals surface area (Å²) in [6.07, 6.45) is 2.02. The van der Waals surface area contributed by atoms with Crippen molar-refractivity contribution in [1.29, 1.82) is 0 Å². The zero-order valence-corrected chi connectivity index (χ0v) is 10.7. The van der Waals surface area contributed by atoms with Crippen molar-refractivity contribution in [2.24, 2.45) is 11.0 Å². The molecule has 6 heteroatoms. The van der Waals surface area contributed by atoms with E-state index in [1.54, 1.807) is 6.92 Å². The first-order valence-corrected chi connectivity index (χ1v) is 5.72. The van der Waals surface area contributed by atoms with Gasteiger partial charge < -0.3 is 0 Å². The lowest BCUT2D eigenvalue weighted by Crippen LogP contribution is -2.15. The summed E-state index contributed by atoms with van der Waals surface area (Å²) in [6, 6.07) is 0. The molecule has 6 nitrogen and oxygen atoms in total. The van der Waals surface area contributed by atoms with Crippen molar-refractivity contribution in [3.63, 3.8) is 0 Å². The van der Waals surface area contributed by atoms with Crippen molar-refractivity contribution in [1.82, 2.24) is 15.2 Å². The van der Waals surface area contributed by atoms with E-state index in [-0.39, 0.29) is 11.5 Å². The van der Waals surface area contributed by atoms with Crippen LogP contribution in [0.1, 0.15) is 39.3 Å². The van der Waals surface area contributed by atoms with Crippen molar-refractivity contribution in [3.8, 4) is 0 Å². The Morgan fingerprint density at radius 1 is 1.47 bits per heavy atom. The molecule has 0 spiro atoms. The van der Waals surface area contributed by atoms with E-state index in [9.17, 15) is 4.79 Å². The smallest absolute Gasteiger partial charge is 0.274 e. The van der Waals surface area contributed by atoms with Crippen LogP contribution in [-0.2, 0) is 0 Å². The number of nitrogens with one attached hydrogen (secondary N) is 2. The third-order valence-electron chi connectivity index (χ3n) is 2.30. The zero-order chi connectivity index (χ0) is 12.8. The Bertz CT molecular complexity index is 449. The molecule has 1 aromatic rings. The first-order chi connectivity index (χ1) is 7.99. The van der Waals surface area contributed by atoms with E-state index >= 15 is 0 Å². The summed E-state index contributed by atoms with van der Waals surface area (Å²) in [7, 11) is 0. The van der Waals surface area contributed by atoms with E-state index < -0.39 is 0 Å². The zero-order valence-electron chi connectivity index (χ0n) is 10.7. The molecule has 0 atom stereocenters. The summed E-state index contributed by atoms with van der Waals surface area (Å²) >= 11 is 0. The van der Waals surface area contributed by atoms with Crippen LogP contribution >= 0.6 is 0 Å². The van der Waals surface area contributed by atoms with E-state index in [0.717, 1.165) is 18.6 Å². The molecule has 1 aromatic heterocycles. The van der Waals surface area contributed by atoms with Gasteiger partial charge in [0, 0.05) is 5.71 Å². The Kier molecular flexibility index (Phi) is 4.81. The van der Waals surface area contributed by atoms with Gasteiger partial charge in [-0.15, -0.1) is 10.2 Å². The van der Waals surface area contributed by atoms with Crippen LogP contribution in [0.25, 0.3) is 0 Å². The van der Waals surface area contributed by atoms with Gasteiger partial charge in [-0.25, -0.2) is 5.43 Å². The van der Waals surface area contributed by atoms with E-state index in [1.165, 1.54) is 0 Å². The summed E-state index contributed by atoms with van der Waals surface area (Å²) in [5, 5.41) is 11.6. The third-order valence-corrected chi connectivity index (χ3v) is 2.30. The number of aryl methyl sites for hydroxylation is 1. The maximum absolute atomic E-state index is 11.3. The fourth-order valence-corrected chi connectivity index (χ4v) is 1.15. The van der Waals surface area contributed by atoms with E-state index in [1.807, 2.05) is 6.92 Å². The summed E-state index contributed by atoms with van der Waals surface area (Å²) in [4.78, 5) is 13.8. The molecule has 0 saturated carbocycles. The fourth-order valence-electron chi connectivity index (χ4n) is 1.15. The van der Waals surface area contributed by atoms with Gasteiger partial charge >= 0.3 is 0 Å². The molecule has 94 valence electrons. The Balaban J connectivity index is 2.56. The van der Waals surface area contributed by atoms with Crippen LogP contribution in [0.2, 0.25) is 0 Å². The highest BCUT2D eigenvalue weighted by Gasteiger charge is 1.99. The number of hydrogen-bond acceptors (Lipinski definition) is 5. The summed E-state index contributed by atoms with van der Waals surface area (Å²) in [5.74, 6) is 0.920. The predicted molar refractivity (Wildman–Crippen MR) is 68.2 cm³/mol. The number of hydrogen-bond donors (Lipinski definition) is 2. The molecule has 17 heavy (non-hydrogen) atoms. The van der Waals surface area contributed by atoms with Gasteiger partial charge in [-0.05, 0) is 32.6 Å². The molecule has 0 aromatic carbocycles. The molecule has 0 fully saturated rings. The minimum absolute atomic E-state index is 0.252. The van der Waals surface area contributed by atoms with Gasteiger partial charge in [0.2, 0.25) is 5.95 Å². The van der Waals surface area contributed by atoms with Gasteiger partial charge in [-0.1, -0.05) is 13.8 Å². The highest BCUT2D eigenvalue weighted by Crippen LogP contribution is 2.04. The number of aromatic amines is 1. The molecule has 0 saturated heterocycles. The van der Waals surface area contributed by atoms with E-state index in [4.69, 9.17) is 0 Å². The quantitative estimate of drug-likeness (QED) is 0.603. The molecule has 0 aliphatic carbocycles. The van der Waals surface area contributed by atoms with E-state index in [2.05, 4.69) is 39.6 Å². The molecule has 2 N–H and O–H groups in total. The molecular weight excluding hydrogens is 218 g/mol. The molecule has 0 radical (unpaired) electrons. The van der Waals surface area contributed by atoms with Crippen molar-refractivity contribution in [2.45, 2.75) is 40.5 Å². The molecular formula is C11H19N5O. The Morgan fingerprint density at radius 2 is 2.18 bits per heavy atom. The number of rotatable bonds is 5. The van der Waals surface area contributed by atoms with Crippen LogP contribution in [-0.4, -0.2) is 20.9 Å². The lowest BCUT2D eigenvalue weighted by Gasteiger charge is -2.04. The summed E-state index contributed by atoms with van der Waals surface area (Å²) in [5.41, 5.74) is 3.76. The Hall–Kier alpha value is -1.72.